The summed E-state index contributed by atoms with van der Waals surface area (Å²) in [6, 6.07) is 0. The molecule has 1 N–H and O–H groups in total. The van der Waals surface area contributed by atoms with E-state index < -0.39 is 12.1 Å². The lowest BCUT2D eigenvalue weighted by atomic mass is 9.73. The quantitative estimate of drug-likeness (QED) is 0.597. The molecule has 1 rings (SSSR count). The van der Waals surface area contributed by atoms with Crippen LogP contribution in [0.4, 0.5) is 0 Å². The van der Waals surface area contributed by atoms with E-state index in [0.717, 1.165) is 12.8 Å². The number of aliphatic hydroxyl groups is 1. The number of carbonyl (C=O) groups is 1. The molecule has 0 aromatic heterocycles. The summed E-state index contributed by atoms with van der Waals surface area (Å²) in [6.07, 6.45) is 0.989. The van der Waals surface area contributed by atoms with Crippen LogP contribution in [0.3, 0.4) is 0 Å². The molecule has 0 spiro atoms. The molecule has 3 nitrogen and oxygen atoms in total. The molecule has 64 valence electrons. The minimum atomic E-state index is -0.892. The van der Waals surface area contributed by atoms with E-state index in [-0.39, 0.29) is 5.92 Å². The number of hydrogen-bond acceptors (Lipinski definition) is 3. The van der Waals surface area contributed by atoms with E-state index in [1.807, 2.05) is 0 Å². The van der Waals surface area contributed by atoms with E-state index in [1.165, 1.54) is 7.11 Å². The van der Waals surface area contributed by atoms with Crippen molar-refractivity contribution < 1.29 is 14.6 Å². The predicted octanol–water partition coefficient (Wildman–Crippen LogP) is 0.566. The van der Waals surface area contributed by atoms with Crippen LogP contribution < -0.4 is 0 Å². The highest BCUT2D eigenvalue weighted by atomic mass is 16.5. The summed E-state index contributed by atoms with van der Waals surface area (Å²) in [7, 11) is 1.30. The Morgan fingerprint density at radius 1 is 1.64 bits per heavy atom. The number of methoxy groups -OCH3 is 1. The normalized spacial score (nSPS) is 32.3. The van der Waals surface area contributed by atoms with Crippen molar-refractivity contribution in [2.45, 2.75) is 25.9 Å². The first-order valence-corrected chi connectivity index (χ1v) is 3.91. The van der Waals surface area contributed by atoms with Crippen molar-refractivity contribution in [3.8, 4) is 0 Å². The van der Waals surface area contributed by atoms with Crippen molar-refractivity contribution in [1.29, 1.82) is 0 Å². The molecule has 0 aliphatic heterocycles. The molecule has 3 heteroatoms. The van der Waals surface area contributed by atoms with Crippen molar-refractivity contribution in [1.82, 2.24) is 0 Å². The average molecular weight is 158 g/mol. The smallest absolute Gasteiger partial charge is 0.334 e. The Kier molecular flexibility index (Phi) is 2.49. The fourth-order valence-electron chi connectivity index (χ4n) is 1.54. The van der Waals surface area contributed by atoms with Crippen molar-refractivity contribution in [3.63, 3.8) is 0 Å². The highest BCUT2D eigenvalue weighted by molar-refractivity contribution is 5.74. The summed E-state index contributed by atoms with van der Waals surface area (Å²) in [5.41, 5.74) is 0. The monoisotopic (exact) mass is 158 g/mol. The van der Waals surface area contributed by atoms with Gasteiger partial charge in [0.1, 0.15) is 0 Å². The van der Waals surface area contributed by atoms with Crippen LogP contribution >= 0.6 is 0 Å². The molecule has 1 fully saturated rings. The molecular weight excluding hydrogens is 144 g/mol. The first-order chi connectivity index (χ1) is 5.15. The van der Waals surface area contributed by atoms with Crippen molar-refractivity contribution >= 4 is 5.97 Å². The molecule has 0 amide bonds. The molecule has 11 heavy (non-hydrogen) atoms. The molecule has 1 atom stereocenters. The number of hydrogen-bond donors (Lipinski definition) is 1. The second kappa shape index (κ2) is 3.22. The minimum absolute atomic E-state index is 0.137. The maximum absolute atomic E-state index is 10.8. The molecule has 0 saturated heterocycles. The maximum Gasteiger partial charge on any atom is 0.334 e. The molecule has 1 aliphatic rings. The van der Waals surface area contributed by atoms with E-state index in [2.05, 4.69) is 11.7 Å². The second-order valence-electron chi connectivity index (χ2n) is 3.30. The number of carbonyl (C=O) groups excluding carboxylic acids is 1. The first-order valence-electron chi connectivity index (χ1n) is 3.91. The highest BCUT2D eigenvalue weighted by Gasteiger charge is 2.35. The Balaban J connectivity index is 2.31. The van der Waals surface area contributed by atoms with E-state index in [4.69, 9.17) is 0 Å². The van der Waals surface area contributed by atoms with Crippen LogP contribution in [0.15, 0.2) is 0 Å². The topological polar surface area (TPSA) is 46.5 Å². The molecule has 0 aromatic carbocycles. The fourth-order valence-corrected chi connectivity index (χ4v) is 1.54. The summed E-state index contributed by atoms with van der Waals surface area (Å²) in [5, 5.41) is 9.28. The van der Waals surface area contributed by atoms with Gasteiger partial charge < -0.3 is 9.84 Å². The maximum atomic E-state index is 10.8. The zero-order chi connectivity index (χ0) is 8.43. The summed E-state index contributed by atoms with van der Waals surface area (Å²) in [5.74, 6) is 0.290. The Morgan fingerprint density at radius 3 is 2.55 bits per heavy atom. The van der Waals surface area contributed by atoms with E-state index >= 15 is 0 Å². The summed E-state index contributed by atoms with van der Waals surface area (Å²) in [4.78, 5) is 10.8. The van der Waals surface area contributed by atoms with Gasteiger partial charge in [-0.05, 0) is 24.7 Å². The van der Waals surface area contributed by atoms with Gasteiger partial charge in [-0.2, -0.15) is 0 Å². The molecule has 0 bridgehead atoms. The van der Waals surface area contributed by atoms with Gasteiger partial charge in [0.25, 0.3) is 0 Å². The van der Waals surface area contributed by atoms with Gasteiger partial charge in [0, 0.05) is 0 Å². The first kappa shape index (κ1) is 8.53. The summed E-state index contributed by atoms with van der Waals surface area (Å²) >= 11 is 0. The molecule has 1 unspecified atom stereocenters. The Morgan fingerprint density at radius 2 is 2.18 bits per heavy atom. The van der Waals surface area contributed by atoms with E-state index in [9.17, 15) is 9.90 Å². The number of aliphatic hydroxyl groups excluding tert-OH is 1. The van der Waals surface area contributed by atoms with Gasteiger partial charge >= 0.3 is 5.97 Å². The van der Waals surface area contributed by atoms with E-state index in [1.54, 1.807) is 0 Å². The van der Waals surface area contributed by atoms with Crippen LogP contribution in [-0.4, -0.2) is 24.3 Å². The second-order valence-corrected chi connectivity index (χ2v) is 3.30. The SMILES string of the molecule is COC(=O)C(O)C1CC(C)C1. The summed E-state index contributed by atoms with van der Waals surface area (Å²) < 4.78 is 4.42. The van der Waals surface area contributed by atoms with Gasteiger partial charge in [0.15, 0.2) is 6.10 Å². The fraction of sp³-hybridized carbons (Fsp3) is 0.875. The molecule has 1 aliphatic carbocycles. The van der Waals surface area contributed by atoms with Crippen LogP contribution in [0.2, 0.25) is 0 Å². The molecule has 1 saturated carbocycles. The van der Waals surface area contributed by atoms with Crippen LogP contribution in [0, 0.1) is 11.8 Å². The van der Waals surface area contributed by atoms with Gasteiger partial charge in [-0.15, -0.1) is 0 Å². The van der Waals surface area contributed by atoms with Gasteiger partial charge in [-0.3, -0.25) is 0 Å². The molecule has 0 heterocycles. The zero-order valence-electron chi connectivity index (χ0n) is 6.91. The lowest BCUT2D eigenvalue weighted by Crippen LogP contribution is -2.38. The van der Waals surface area contributed by atoms with Crippen molar-refractivity contribution in [2.75, 3.05) is 7.11 Å². The predicted molar refractivity (Wildman–Crippen MR) is 39.9 cm³/mol. The molecule has 0 aromatic rings. The third-order valence-electron chi connectivity index (χ3n) is 2.30. The van der Waals surface area contributed by atoms with Gasteiger partial charge in [-0.1, -0.05) is 6.92 Å². The van der Waals surface area contributed by atoms with Crippen LogP contribution in [0.25, 0.3) is 0 Å². The third-order valence-corrected chi connectivity index (χ3v) is 2.30. The number of esters is 1. The Labute approximate surface area is 66.4 Å². The van der Waals surface area contributed by atoms with Crippen LogP contribution in [-0.2, 0) is 9.53 Å². The molecule has 0 radical (unpaired) electrons. The highest BCUT2D eigenvalue weighted by Crippen LogP contribution is 2.35. The number of rotatable bonds is 2. The van der Waals surface area contributed by atoms with Crippen molar-refractivity contribution in [3.05, 3.63) is 0 Å². The average Bonchev–Trinajstić information content (AvgIpc) is 1.96. The van der Waals surface area contributed by atoms with Crippen LogP contribution in [0.1, 0.15) is 19.8 Å². The van der Waals surface area contributed by atoms with Crippen LogP contribution in [0.5, 0.6) is 0 Å². The Hall–Kier alpha value is -0.570. The summed E-state index contributed by atoms with van der Waals surface area (Å²) in [6.45, 7) is 2.11. The van der Waals surface area contributed by atoms with Gasteiger partial charge in [0.05, 0.1) is 7.11 Å². The van der Waals surface area contributed by atoms with E-state index in [0.29, 0.717) is 5.92 Å². The third kappa shape index (κ3) is 1.71. The van der Waals surface area contributed by atoms with Gasteiger partial charge in [0.2, 0.25) is 0 Å². The zero-order valence-corrected chi connectivity index (χ0v) is 6.91. The van der Waals surface area contributed by atoms with Crippen molar-refractivity contribution in [2.24, 2.45) is 11.8 Å². The number of ether oxygens (including phenoxy) is 1. The molecular formula is C8H14O3. The van der Waals surface area contributed by atoms with Gasteiger partial charge in [-0.25, -0.2) is 4.79 Å². The largest absolute Gasteiger partial charge is 0.467 e. The standard InChI is InChI=1S/C8H14O3/c1-5-3-6(4-5)7(9)8(10)11-2/h5-7,9H,3-4H2,1-2H3. The lowest BCUT2D eigenvalue weighted by molar-refractivity contribution is -0.156. The lowest BCUT2D eigenvalue weighted by Gasteiger charge is -2.34. The Bertz CT molecular complexity index is 149. The minimum Gasteiger partial charge on any atom is -0.467 e.